The molecule has 0 fully saturated rings. The molecule has 0 aliphatic heterocycles. The maximum atomic E-state index is 13.1. The van der Waals surface area contributed by atoms with Crippen molar-refractivity contribution >= 4 is 33.3 Å². The minimum Gasteiger partial charge on any atom is -0.288 e. The summed E-state index contributed by atoms with van der Waals surface area (Å²) < 4.78 is 30.2. The van der Waals surface area contributed by atoms with Crippen molar-refractivity contribution in [1.82, 2.24) is 15.2 Å². The Kier molecular flexibility index (Phi) is 4.93. The zero-order valence-electron chi connectivity index (χ0n) is 15.6. The number of aromatic nitrogens is 3. The molecule has 1 heterocycles. The molecular formula is C20H16N4O3S2. The van der Waals surface area contributed by atoms with Gasteiger partial charge in [-0.1, -0.05) is 36.4 Å². The summed E-state index contributed by atoms with van der Waals surface area (Å²) in [6, 6.07) is 12.0. The van der Waals surface area contributed by atoms with Gasteiger partial charge < -0.3 is 0 Å². The van der Waals surface area contributed by atoms with Crippen LogP contribution in [0.1, 0.15) is 27.0 Å². The molecule has 146 valence electrons. The molecule has 0 atom stereocenters. The molecule has 0 amide bonds. The Hall–Kier alpha value is -3.04. The maximum Gasteiger partial charge on any atom is 0.283 e. The fourth-order valence-corrected chi connectivity index (χ4v) is 5.07. The Morgan fingerprint density at radius 3 is 2.55 bits per heavy atom. The van der Waals surface area contributed by atoms with Crippen molar-refractivity contribution in [2.75, 3.05) is 0 Å². The summed E-state index contributed by atoms with van der Waals surface area (Å²) >= 11 is 1.08. The summed E-state index contributed by atoms with van der Waals surface area (Å²) in [5, 5.41) is 6.88. The molecular weight excluding hydrogens is 408 g/mol. The largest absolute Gasteiger partial charge is 0.288 e. The number of fused-ring (bicyclic) bond motifs is 1. The summed E-state index contributed by atoms with van der Waals surface area (Å²) in [5.41, 5.74) is 2.52. The highest BCUT2D eigenvalue weighted by Crippen LogP contribution is 2.32. The van der Waals surface area contributed by atoms with Crippen LogP contribution in [0.15, 0.2) is 74.2 Å². The van der Waals surface area contributed by atoms with Crippen LogP contribution < -0.4 is 0 Å². The number of ketones is 1. The fraction of sp³-hybridized carbons (Fsp3) is 0.100. The molecule has 9 heteroatoms. The summed E-state index contributed by atoms with van der Waals surface area (Å²) in [4.78, 5) is 17.3. The lowest BCUT2D eigenvalue weighted by molar-refractivity contribution is 0.104. The molecule has 0 bridgehead atoms. The number of aryl methyl sites for hydroxylation is 2. The summed E-state index contributed by atoms with van der Waals surface area (Å²) in [6.07, 6.45) is 2.82. The summed E-state index contributed by atoms with van der Waals surface area (Å²) in [6.45, 7) is 3.55. The number of nitrogens with zero attached hydrogens (tertiary/aromatic N) is 3. The second kappa shape index (κ2) is 7.41. The van der Waals surface area contributed by atoms with Gasteiger partial charge in [-0.15, -0.1) is 0 Å². The van der Waals surface area contributed by atoms with E-state index in [4.69, 9.17) is 0 Å². The zero-order chi connectivity index (χ0) is 20.6. The van der Waals surface area contributed by atoms with E-state index in [1.165, 1.54) is 12.4 Å². The number of rotatable bonds is 4. The lowest BCUT2D eigenvalue weighted by Gasteiger charge is -2.16. The van der Waals surface area contributed by atoms with Crippen LogP contribution in [0.4, 0.5) is 0 Å². The molecule has 3 aromatic rings. The Labute approximate surface area is 172 Å². The molecule has 1 aromatic heterocycles. The minimum absolute atomic E-state index is 0.150. The van der Waals surface area contributed by atoms with Crippen LogP contribution >= 0.6 is 11.8 Å². The molecule has 29 heavy (non-hydrogen) atoms. The quantitative estimate of drug-likeness (QED) is 0.687. The predicted octanol–water partition coefficient (Wildman–Crippen LogP) is 3.47. The molecule has 0 unspecified atom stereocenters. The van der Waals surface area contributed by atoms with Gasteiger partial charge in [0.1, 0.15) is 6.33 Å². The van der Waals surface area contributed by atoms with Gasteiger partial charge in [0.25, 0.3) is 10.0 Å². The van der Waals surface area contributed by atoms with Crippen molar-refractivity contribution in [3.63, 3.8) is 0 Å². The van der Waals surface area contributed by atoms with Gasteiger partial charge >= 0.3 is 0 Å². The molecule has 7 nitrogen and oxygen atoms in total. The van der Waals surface area contributed by atoms with E-state index in [1.54, 1.807) is 43.3 Å². The van der Waals surface area contributed by atoms with Crippen LogP contribution in [-0.2, 0) is 10.0 Å². The van der Waals surface area contributed by atoms with Crippen LogP contribution in [0.3, 0.4) is 0 Å². The second-order valence-corrected chi connectivity index (χ2v) is 9.10. The number of Topliss-reactive ketones (excluding diaryl/α,β-unsaturated/α-hetero) is 1. The van der Waals surface area contributed by atoms with Crippen LogP contribution in [0.2, 0.25) is 0 Å². The van der Waals surface area contributed by atoms with Gasteiger partial charge in [-0.05, 0) is 48.9 Å². The van der Waals surface area contributed by atoms with Crippen molar-refractivity contribution in [1.29, 1.82) is 0 Å². The van der Waals surface area contributed by atoms with Gasteiger partial charge in [0.15, 0.2) is 5.16 Å². The third-order valence-corrected chi connectivity index (χ3v) is 6.72. The Morgan fingerprint density at radius 2 is 1.83 bits per heavy atom. The van der Waals surface area contributed by atoms with E-state index in [9.17, 15) is 13.2 Å². The average molecular weight is 425 g/mol. The molecule has 0 saturated heterocycles. The molecule has 0 spiro atoms. The van der Waals surface area contributed by atoms with Gasteiger partial charge in [0.05, 0.1) is 15.5 Å². The third kappa shape index (κ3) is 3.79. The third-order valence-electron chi connectivity index (χ3n) is 4.38. The first-order valence-corrected chi connectivity index (χ1v) is 10.9. The van der Waals surface area contributed by atoms with Gasteiger partial charge in [0, 0.05) is 11.1 Å². The van der Waals surface area contributed by atoms with Gasteiger partial charge in [-0.25, -0.2) is 4.98 Å². The highest BCUT2D eigenvalue weighted by Gasteiger charge is 2.27. The van der Waals surface area contributed by atoms with E-state index in [-0.39, 0.29) is 16.4 Å². The monoisotopic (exact) mass is 424 g/mol. The predicted molar refractivity (Wildman–Crippen MR) is 111 cm³/mol. The first-order chi connectivity index (χ1) is 13.8. The normalized spacial score (nSPS) is 15.3. The lowest BCUT2D eigenvalue weighted by Crippen LogP contribution is -2.17. The SMILES string of the molecule is Cc1ccc(C)c(S(=O)(=O)N=C2C=C(Sc3ncn[nH]3)C(=O)c3ccccc32)c1. The van der Waals surface area contributed by atoms with E-state index in [2.05, 4.69) is 19.6 Å². The number of thioether (sulfide) groups is 1. The standard InChI is InChI=1S/C20H16N4O3S2/c1-12-7-8-13(2)18(9-12)29(26,27)24-16-10-17(28-20-21-11-22-23-20)19(25)15-6-4-3-5-14(15)16/h3-11H,1-2H3,(H,21,22,23). The van der Waals surface area contributed by atoms with Gasteiger partial charge in [-0.2, -0.15) is 17.9 Å². The molecule has 4 rings (SSSR count). The highest BCUT2D eigenvalue weighted by molar-refractivity contribution is 8.04. The van der Waals surface area contributed by atoms with Crippen LogP contribution in [0, 0.1) is 13.8 Å². The van der Waals surface area contributed by atoms with Crippen LogP contribution in [0.5, 0.6) is 0 Å². The van der Waals surface area contributed by atoms with E-state index in [1.807, 2.05) is 13.0 Å². The molecule has 1 N–H and O–H groups in total. The van der Waals surface area contributed by atoms with E-state index >= 15 is 0 Å². The molecule has 0 radical (unpaired) electrons. The summed E-state index contributed by atoms with van der Waals surface area (Å²) in [5.74, 6) is -0.218. The molecule has 0 saturated carbocycles. The van der Waals surface area contributed by atoms with Crippen molar-refractivity contribution in [3.8, 4) is 0 Å². The zero-order valence-corrected chi connectivity index (χ0v) is 17.2. The number of hydrogen-bond donors (Lipinski definition) is 1. The van der Waals surface area contributed by atoms with Crippen molar-refractivity contribution < 1.29 is 13.2 Å². The highest BCUT2D eigenvalue weighted by atomic mass is 32.2. The van der Waals surface area contributed by atoms with E-state index < -0.39 is 10.0 Å². The van der Waals surface area contributed by atoms with Crippen molar-refractivity contribution in [3.05, 3.63) is 82.0 Å². The van der Waals surface area contributed by atoms with E-state index in [0.29, 0.717) is 26.8 Å². The Bertz CT molecular complexity index is 1280. The number of aromatic amines is 1. The average Bonchev–Trinajstić information content (AvgIpc) is 3.20. The molecule has 2 aromatic carbocycles. The maximum absolute atomic E-state index is 13.1. The molecule has 1 aliphatic carbocycles. The number of benzene rings is 2. The van der Waals surface area contributed by atoms with E-state index in [0.717, 1.165) is 17.3 Å². The topological polar surface area (TPSA) is 105 Å². The first kappa shape index (κ1) is 19.3. The number of nitrogens with one attached hydrogen (secondary N) is 1. The van der Waals surface area contributed by atoms with Crippen molar-refractivity contribution in [2.24, 2.45) is 4.40 Å². The number of H-pyrrole nitrogens is 1. The van der Waals surface area contributed by atoms with Gasteiger partial charge in [0.2, 0.25) is 5.78 Å². The number of hydrogen-bond acceptors (Lipinski definition) is 6. The lowest BCUT2D eigenvalue weighted by atomic mass is 9.94. The van der Waals surface area contributed by atoms with Crippen molar-refractivity contribution in [2.45, 2.75) is 23.9 Å². The minimum atomic E-state index is -3.97. The summed E-state index contributed by atoms with van der Waals surface area (Å²) in [7, 11) is -3.97. The first-order valence-electron chi connectivity index (χ1n) is 8.66. The van der Waals surface area contributed by atoms with Crippen LogP contribution in [0.25, 0.3) is 0 Å². The Morgan fingerprint density at radius 1 is 1.07 bits per heavy atom. The number of carbonyl (C=O) groups excluding carboxylic acids is 1. The molecule has 1 aliphatic rings. The number of sulfonamides is 1. The number of carbonyl (C=O) groups is 1. The Balaban J connectivity index is 1.86. The van der Waals surface area contributed by atoms with Gasteiger partial charge in [-0.3, -0.25) is 9.89 Å². The second-order valence-electron chi connectivity index (χ2n) is 6.50. The van der Waals surface area contributed by atoms with Crippen LogP contribution in [-0.4, -0.2) is 35.1 Å². The number of allylic oxidation sites excluding steroid dienone is 2. The fourth-order valence-electron chi connectivity index (χ4n) is 2.97. The smallest absolute Gasteiger partial charge is 0.283 e.